The normalized spacial score (nSPS) is 27.7. The van der Waals surface area contributed by atoms with Crippen molar-refractivity contribution in [2.75, 3.05) is 26.2 Å². The average Bonchev–Trinajstić information content (AvgIpc) is 2.62. The number of hydrogen-bond acceptors (Lipinski definition) is 3. The van der Waals surface area contributed by atoms with Crippen LogP contribution < -0.4 is 5.32 Å². The van der Waals surface area contributed by atoms with Gasteiger partial charge in [-0.3, -0.25) is 4.90 Å². The van der Waals surface area contributed by atoms with Crippen LogP contribution >= 0.6 is 0 Å². The minimum atomic E-state index is 0.711. The van der Waals surface area contributed by atoms with Crippen LogP contribution in [-0.2, 0) is 13.6 Å². The van der Waals surface area contributed by atoms with Crippen LogP contribution in [0.2, 0.25) is 0 Å². The van der Waals surface area contributed by atoms with Crippen LogP contribution in [0.4, 0.5) is 0 Å². The summed E-state index contributed by atoms with van der Waals surface area (Å²) >= 11 is 0. The molecule has 0 amide bonds. The van der Waals surface area contributed by atoms with Crippen LogP contribution in [0.15, 0.2) is 12.4 Å². The molecule has 4 heteroatoms. The van der Waals surface area contributed by atoms with E-state index in [0.717, 1.165) is 38.5 Å². The minimum Gasteiger partial charge on any atom is -0.337 e. The predicted octanol–water partition coefficient (Wildman–Crippen LogP) is 1.10. The maximum Gasteiger partial charge on any atom is 0.122 e. The lowest BCUT2D eigenvalue weighted by atomic mass is 10.1. The number of aromatic nitrogens is 2. The van der Waals surface area contributed by atoms with Gasteiger partial charge in [-0.15, -0.1) is 0 Å². The zero-order valence-corrected chi connectivity index (χ0v) is 11.2. The van der Waals surface area contributed by atoms with Gasteiger partial charge >= 0.3 is 0 Å². The summed E-state index contributed by atoms with van der Waals surface area (Å²) in [5.74, 6) is 2.59. The van der Waals surface area contributed by atoms with E-state index < -0.39 is 0 Å². The molecule has 1 aliphatic heterocycles. The molecule has 1 aliphatic rings. The fourth-order valence-electron chi connectivity index (χ4n) is 2.54. The summed E-state index contributed by atoms with van der Waals surface area (Å²) in [7, 11) is 2.07. The van der Waals surface area contributed by atoms with Gasteiger partial charge < -0.3 is 9.88 Å². The molecule has 4 nitrogen and oxygen atoms in total. The first-order valence-electron chi connectivity index (χ1n) is 6.54. The minimum absolute atomic E-state index is 0.711. The molecule has 1 saturated heterocycles. The average molecular weight is 236 g/mol. The van der Waals surface area contributed by atoms with Gasteiger partial charge in [-0.05, 0) is 24.9 Å². The Morgan fingerprint density at radius 1 is 1.29 bits per heavy atom. The van der Waals surface area contributed by atoms with E-state index in [4.69, 9.17) is 0 Å². The van der Waals surface area contributed by atoms with E-state index in [2.05, 4.69) is 40.7 Å². The van der Waals surface area contributed by atoms with Crippen LogP contribution in [0, 0.1) is 11.8 Å². The molecule has 2 rings (SSSR count). The zero-order chi connectivity index (χ0) is 12.3. The number of rotatable bonds is 2. The van der Waals surface area contributed by atoms with Gasteiger partial charge in [-0.1, -0.05) is 13.8 Å². The Morgan fingerprint density at radius 3 is 2.47 bits per heavy atom. The molecule has 0 aromatic carbocycles. The van der Waals surface area contributed by atoms with Crippen LogP contribution in [0.1, 0.15) is 19.7 Å². The van der Waals surface area contributed by atoms with Gasteiger partial charge in [0, 0.05) is 32.5 Å². The molecule has 2 atom stereocenters. The Hall–Kier alpha value is -0.870. The second-order valence-electron chi connectivity index (χ2n) is 5.52. The standard InChI is InChI=1S/C13H24N4/c1-11-6-14-7-12(2)9-17(8-11)10-13-15-4-5-16(13)3/h4-5,11-12,14H,6-10H2,1-3H3. The van der Waals surface area contributed by atoms with E-state index in [1.807, 2.05) is 12.4 Å². The molecule has 1 N–H and O–H groups in total. The van der Waals surface area contributed by atoms with Gasteiger partial charge in [-0.2, -0.15) is 0 Å². The molecule has 1 aromatic rings. The molecular weight excluding hydrogens is 212 g/mol. The molecular formula is C13H24N4. The maximum atomic E-state index is 4.42. The maximum absolute atomic E-state index is 4.42. The van der Waals surface area contributed by atoms with E-state index in [1.165, 1.54) is 0 Å². The first-order chi connectivity index (χ1) is 8.15. The van der Waals surface area contributed by atoms with Crippen molar-refractivity contribution in [3.05, 3.63) is 18.2 Å². The van der Waals surface area contributed by atoms with Gasteiger partial charge in [0.1, 0.15) is 5.82 Å². The summed E-state index contributed by atoms with van der Waals surface area (Å²) in [6.07, 6.45) is 3.90. The van der Waals surface area contributed by atoms with Crippen LogP contribution in [0.3, 0.4) is 0 Å². The summed E-state index contributed by atoms with van der Waals surface area (Å²) in [5.41, 5.74) is 0. The van der Waals surface area contributed by atoms with Crippen molar-refractivity contribution in [2.24, 2.45) is 18.9 Å². The molecule has 1 fully saturated rings. The second kappa shape index (κ2) is 5.65. The highest BCUT2D eigenvalue weighted by atomic mass is 15.2. The fraction of sp³-hybridized carbons (Fsp3) is 0.769. The van der Waals surface area contributed by atoms with Crippen molar-refractivity contribution in [3.63, 3.8) is 0 Å². The van der Waals surface area contributed by atoms with Crippen molar-refractivity contribution in [2.45, 2.75) is 20.4 Å². The van der Waals surface area contributed by atoms with Crippen LogP contribution in [0.25, 0.3) is 0 Å². The smallest absolute Gasteiger partial charge is 0.122 e. The number of hydrogen-bond donors (Lipinski definition) is 1. The van der Waals surface area contributed by atoms with Crippen LogP contribution in [-0.4, -0.2) is 40.6 Å². The van der Waals surface area contributed by atoms with Gasteiger partial charge in [-0.25, -0.2) is 4.98 Å². The first-order valence-corrected chi connectivity index (χ1v) is 6.54. The third-order valence-electron chi connectivity index (χ3n) is 3.41. The fourth-order valence-corrected chi connectivity index (χ4v) is 2.54. The molecule has 17 heavy (non-hydrogen) atoms. The summed E-state index contributed by atoms with van der Waals surface area (Å²) in [4.78, 5) is 6.96. The Balaban J connectivity index is 1.99. The lowest BCUT2D eigenvalue weighted by Crippen LogP contribution is -2.42. The SMILES string of the molecule is CC1CNCC(C)CN(Cc2nccn2C)C1. The topological polar surface area (TPSA) is 33.1 Å². The Bertz CT molecular complexity index is 335. The van der Waals surface area contributed by atoms with Gasteiger partial charge in [0.2, 0.25) is 0 Å². The third-order valence-corrected chi connectivity index (χ3v) is 3.41. The quantitative estimate of drug-likeness (QED) is 0.834. The van der Waals surface area contributed by atoms with E-state index in [0.29, 0.717) is 11.8 Å². The third kappa shape index (κ3) is 3.54. The van der Waals surface area contributed by atoms with Crippen molar-refractivity contribution in [3.8, 4) is 0 Å². The van der Waals surface area contributed by atoms with E-state index in [1.54, 1.807) is 0 Å². The monoisotopic (exact) mass is 236 g/mol. The van der Waals surface area contributed by atoms with Gasteiger partial charge in [0.05, 0.1) is 6.54 Å². The van der Waals surface area contributed by atoms with E-state index >= 15 is 0 Å². The molecule has 0 saturated carbocycles. The van der Waals surface area contributed by atoms with E-state index in [-0.39, 0.29) is 0 Å². The van der Waals surface area contributed by atoms with Crippen molar-refractivity contribution < 1.29 is 0 Å². The number of nitrogens with one attached hydrogen (secondary N) is 1. The largest absolute Gasteiger partial charge is 0.337 e. The Morgan fingerprint density at radius 2 is 1.94 bits per heavy atom. The molecule has 1 aromatic heterocycles. The number of imidazole rings is 1. The number of nitrogens with zero attached hydrogens (tertiary/aromatic N) is 3. The van der Waals surface area contributed by atoms with Gasteiger partial charge in [0.15, 0.2) is 0 Å². The highest BCUT2D eigenvalue weighted by Gasteiger charge is 2.18. The Kier molecular flexibility index (Phi) is 4.18. The Labute approximate surface area is 104 Å². The summed E-state index contributed by atoms with van der Waals surface area (Å²) < 4.78 is 2.12. The summed E-state index contributed by atoms with van der Waals surface area (Å²) in [6.45, 7) is 10.2. The number of aryl methyl sites for hydroxylation is 1. The molecule has 0 spiro atoms. The molecule has 2 heterocycles. The predicted molar refractivity (Wildman–Crippen MR) is 69.7 cm³/mol. The van der Waals surface area contributed by atoms with E-state index in [9.17, 15) is 0 Å². The molecule has 2 unspecified atom stereocenters. The van der Waals surface area contributed by atoms with Crippen LogP contribution in [0.5, 0.6) is 0 Å². The second-order valence-corrected chi connectivity index (χ2v) is 5.52. The zero-order valence-electron chi connectivity index (χ0n) is 11.2. The highest BCUT2D eigenvalue weighted by Crippen LogP contribution is 2.10. The lowest BCUT2D eigenvalue weighted by Gasteiger charge is -2.31. The lowest BCUT2D eigenvalue weighted by molar-refractivity contribution is 0.174. The van der Waals surface area contributed by atoms with Crippen molar-refractivity contribution in [1.82, 2.24) is 19.8 Å². The first kappa shape index (κ1) is 12.6. The summed E-state index contributed by atoms with van der Waals surface area (Å²) in [6, 6.07) is 0. The van der Waals surface area contributed by atoms with Crippen molar-refractivity contribution >= 4 is 0 Å². The summed E-state index contributed by atoms with van der Waals surface area (Å²) in [5, 5.41) is 3.53. The van der Waals surface area contributed by atoms with Gasteiger partial charge in [0.25, 0.3) is 0 Å². The molecule has 96 valence electrons. The molecule has 0 aliphatic carbocycles. The molecule has 0 bridgehead atoms. The highest BCUT2D eigenvalue weighted by molar-refractivity contribution is 4.91. The van der Waals surface area contributed by atoms with Crippen molar-refractivity contribution in [1.29, 1.82) is 0 Å². The molecule has 0 radical (unpaired) electrons.